The second-order valence-electron chi connectivity index (χ2n) is 8.72. The highest BCUT2D eigenvalue weighted by atomic mass is 16.5. The number of aromatic nitrogens is 3. The lowest BCUT2D eigenvalue weighted by Crippen LogP contribution is -2.35. The first-order chi connectivity index (χ1) is 15.0. The number of imidazole rings is 1. The molecular formula is C24H31N5O2. The van der Waals surface area contributed by atoms with Crippen LogP contribution in [-0.2, 0) is 0 Å². The Hall–Kier alpha value is -2.93. The van der Waals surface area contributed by atoms with Crippen LogP contribution in [0.2, 0.25) is 0 Å². The quantitative estimate of drug-likeness (QED) is 0.631. The molecule has 1 N–H and O–H groups in total. The number of likely N-dealkylation sites (tertiary alicyclic amines) is 1. The minimum absolute atomic E-state index is 0.0442. The van der Waals surface area contributed by atoms with E-state index in [4.69, 9.17) is 4.74 Å². The smallest absolute Gasteiger partial charge is 0.251 e. The van der Waals surface area contributed by atoms with Gasteiger partial charge in [0, 0.05) is 36.8 Å². The molecule has 4 rings (SSSR count). The first-order valence-corrected chi connectivity index (χ1v) is 11.1. The van der Waals surface area contributed by atoms with Crippen LogP contribution < -0.4 is 10.1 Å². The van der Waals surface area contributed by atoms with E-state index in [1.54, 1.807) is 6.20 Å². The predicted molar refractivity (Wildman–Crippen MR) is 121 cm³/mol. The van der Waals surface area contributed by atoms with Crippen LogP contribution >= 0.6 is 0 Å². The monoisotopic (exact) mass is 421 g/mol. The number of rotatable bonds is 7. The van der Waals surface area contributed by atoms with Gasteiger partial charge in [0.2, 0.25) is 5.88 Å². The van der Waals surface area contributed by atoms with Gasteiger partial charge in [-0.1, -0.05) is 26.0 Å². The SMILES string of the molecule is CC(C)CCNC(=O)c1ccc(-c2cnc3ccc(OC4CCN(C)CC4)nn23)cc1. The van der Waals surface area contributed by atoms with Gasteiger partial charge in [-0.2, -0.15) is 0 Å². The van der Waals surface area contributed by atoms with Gasteiger partial charge in [0.15, 0.2) is 5.65 Å². The van der Waals surface area contributed by atoms with Gasteiger partial charge >= 0.3 is 0 Å². The summed E-state index contributed by atoms with van der Waals surface area (Å²) in [7, 11) is 2.14. The summed E-state index contributed by atoms with van der Waals surface area (Å²) in [4.78, 5) is 19.1. The maximum atomic E-state index is 12.3. The third-order valence-electron chi connectivity index (χ3n) is 5.74. The molecule has 164 valence electrons. The fourth-order valence-corrected chi connectivity index (χ4v) is 3.76. The maximum Gasteiger partial charge on any atom is 0.251 e. The highest BCUT2D eigenvalue weighted by molar-refractivity contribution is 5.94. The molecule has 0 spiro atoms. The Morgan fingerprint density at radius 1 is 1.16 bits per heavy atom. The molecule has 1 aliphatic rings. The molecule has 0 bridgehead atoms. The number of carbonyl (C=O) groups is 1. The van der Waals surface area contributed by atoms with Crippen LogP contribution in [0.3, 0.4) is 0 Å². The Labute approximate surface area is 183 Å². The van der Waals surface area contributed by atoms with Gasteiger partial charge < -0.3 is 15.0 Å². The number of piperidine rings is 1. The molecule has 0 radical (unpaired) electrons. The number of benzene rings is 1. The Balaban J connectivity index is 1.48. The Morgan fingerprint density at radius 2 is 1.90 bits per heavy atom. The van der Waals surface area contributed by atoms with Crippen LogP contribution in [0.4, 0.5) is 0 Å². The maximum absolute atomic E-state index is 12.3. The van der Waals surface area contributed by atoms with E-state index in [9.17, 15) is 4.79 Å². The molecular weight excluding hydrogens is 390 g/mol. The van der Waals surface area contributed by atoms with Crippen molar-refractivity contribution >= 4 is 11.6 Å². The van der Waals surface area contributed by atoms with Gasteiger partial charge in [0.05, 0.1) is 11.9 Å². The Bertz CT molecular complexity index is 1020. The van der Waals surface area contributed by atoms with E-state index < -0.39 is 0 Å². The lowest BCUT2D eigenvalue weighted by Gasteiger charge is -2.28. The Morgan fingerprint density at radius 3 is 2.61 bits per heavy atom. The average Bonchev–Trinajstić information content (AvgIpc) is 3.18. The van der Waals surface area contributed by atoms with Gasteiger partial charge in [-0.25, -0.2) is 9.50 Å². The molecule has 0 saturated carbocycles. The second-order valence-corrected chi connectivity index (χ2v) is 8.72. The molecule has 1 amide bonds. The van der Waals surface area contributed by atoms with Gasteiger partial charge in [-0.3, -0.25) is 4.79 Å². The van der Waals surface area contributed by atoms with E-state index in [1.807, 2.05) is 40.9 Å². The van der Waals surface area contributed by atoms with Gasteiger partial charge in [-0.15, -0.1) is 5.10 Å². The van der Waals surface area contributed by atoms with Crippen molar-refractivity contribution in [3.63, 3.8) is 0 Å². The van der Waals surface area contributed by atoms with Crippen LogP contribution in [0.15, 0.2) is 42.6 Å². The fourth-order valence-electron chi connectivity index (χ4n) is 3.76. The van der Waals surface area contributed by atoms with Crippen LogP contribution in [0.25, 0.3) is 16.9 Å². The van der Waals surface area contributed by atoms with Crippen molar-refractivity contribution in [2.75, 3.05) is 26.7 Å². The number of amides is 1. The third-order valence-corrected chi connectivity index (χ3v) is 5.74. The molecule has 1 aromatic carbocycles. The number of carbonyl (C=O) groups excluding carboxylic acids is 1. The van der Waals surface area contributed by atoms with Gasteiger partial charge in [0.25, 0.3) is 5.91 Å². The van der Waals surface area contributed by atoms with Gasteiger partial charge in [0.1, 0.15) is 6.10 Å². The lowest BCUT2D eigenvalue weighted by molar-refractivity contribution is 0.0952. The van der Waals surface area contributed by atoms with Crippen molar-refractivity contribution in [2.45, 2.75) is 39.2 Å². The topological polar surface area (TPSA) is 71.8 Å². The standard InChI is InChI=1S/C24H31N5O2/c1-17(2)10-13-25-24(30)19-6-4-18(5-7-19)21-16-26-22-8-9-23(27-29(21)22)31-20-11-14-28(3)15-12-20/h4-9,16-17,20H,10-15H2,1-3H3,(H,25,30). The first-order valence-electron chi connectivity index (χ1n) is 11.1. The van der Waals surface area contributed by atoms with Crippen molar-refractivity contribution in [3.8, 4) is 17.1 Å². The first kappa shape index (κ1) is 21.3. The number of hydrogen-bond donors (Lipinski definition) is 1. The highest BCUT2D eigenvalue weighted by Gasteiger charge is 2.19. The van der Waals surface area contributed by atoms with E-state index in [0.29, 0.717) is 23.9 Å². The zero-order valence-electron chi connectivity index (χ0n) is 18.5. The summed E-state index contributed by atoms with van der Waals surface area (Å²) in [6.45, 7) is 7.07. The molecule has 0 aliphatic carbocycles. The van der Waals surface area contributed by atoms with E-state index in [1.165, 1.54) is 0 Å². The molecule has 31 heavy (non-hydrogen) atoms. The minimum Gasteiger partial charge on any atom is -0.473 e. The molecule has 0 unspecified atom stereocenters. The van der Waals surface area contributed by atoms with E-state index in [0.717, 1.165) is 49.3 Å². The summed E-state index contributed by atoms with van der Waals surface area (Å²) in [5, 5.41) is 7.65. The molecule has 7 nitrogen and oxygen atoms in total. The molecule has 1 aliphatic heterocycles. The van der Waals surface area contributed by atoms with E-state index in [-0.39, 0.29) is 12.0 Å². The zero-order chi connectivity index (χ0) is 21.8. The van der Waals surface area contributed by atoms with Crippen molar-refractivity contribution in [3.05, 3.63) is 48.2 Å². The predicted octanol–water partition coefficient (Wildman–Crippen LogP) is 3.65. The number of hydrogen-bond acceptors (Lipinski definition) is 5. The van der Waals surface area contributed by atoms with Crippen molar-refractivity contribution in [1.29, 1.82) is 0 Å². The average molecular weight is 422 g/mol. The summed E-state index contributed by atoms with van der Waals surface area (Å²) in [6.07, 6.45) is 4.99. The second kappa shape index (κ2) is 9.47. The zero-order valence-corrected chi connectivity index (χ0v) is 18.5. The molecule has 1 saturated heterocycles. The summed E-state index contributed by atoms with van der Waals surface area (Å²) >= 11 is 0. The molecule has 1 fully saturated rings. The summed E-state index contributed by atoms with van der Waals surface area (Å²) < 4.78 is 7.95. The van der Waals surface area contributed by atoms with Crippen molar-refractivity contribution in [1.82, 2.24) is 24.8 Å². The van der Waals surface area contributed by atoms with E-state index in [2.05, 4.69) is 41.2 Å². The normalized spacial score (nSPS) is 15.5. The molecule has 0 atom stereocenters. The molecule has 2 aromatic heterocycles. The largest absolute Gasteiger partial charge is 0.473 e. The van der Waals surface area contributed by atoms with Gasteiger partial charge in [-0.05, 0) is 50.4 Å². The molecule has 7 heteroatoms. The van der Waals surface area contributed by atoms with Crippen LogP contribution in [-0.4, -0.2) is 58.2 Å². The minimum atomic E-state index is -0.0442. The summed E-state index contributed by atoms with van der Waals surface area (Å²) in [5.41, 5.74) is 3.24. The number of nitrogens with zero attached hydrogens (tertiary/aromatic N) is 4. The van der Waals surface area contributed by atoms with E-state index >= 15 is 0 Å². The molecule has 3 heterocycles. The van der Waals surface area contributed by atoms with Crippen LogP contribution in [0, 0.1) is 5.92 Å². The van der Waals surface area contributed by atoms with Crippen molar-refractivity contribution in [2.24, 2.45) is 5.92 Å². The van der Waals surface area contributed by atoms with Crippen molar-refractivity contribution < 1.29 is 9.53 Å². The molecule has 3 aromatic rings. The number of nitrogens with one attached hydrogen (secondary N) is 1. The highest BCUT2D eigenvalue weighted by Crippen LogP contribution is 2.23. The lowest BCUT2D eigenvalue weighted by atomic mass is 10.1. The van der Waals surface area contributed by atoms with Crippen LogP contribution in [0.5, 0.6) is 5.88 Å². The Kier molecular flexibility index (Phi) is 6.51. The summed E-state index contributed by atoms with van der Waals surface area (Å²) in [6, 6.07) is 11.4. The summed E-state index contributed by atoms with van der Waals surface area (Å²) in [5.74, 6) is 1.14. The third kappa shape index (κ3) is 5.22. The van der Waals surface area contributed by atoms with Crippen LogP contribution in [0.1, 0.15) is 43.5 Å². The number of ether oxygens (including phenoxy) is 1. The number of fused-ring (bicyclic) bond motifs is 1. The fraction of sp³-hybridized carbons (Fsp3) is 0.458.